The van der Waals surface area contributed by atoms with Gasteiger partial charge in [-0.2, -0.15) is 5.10 Å². The fraction of sp³-hybridized carbons (Fsp3) is 0.393. The van der Waals surface area contributed by atoms with E-state index in [0.717, 1.165) is 18.2 Å². The maximum Gasteiger partial charge on any atom is 0.573 e. The van der Waals surface area contributed by atoms with Crippen molar-refractivity contribution >= 4 is 46.3 Å². The summed E-state index contributed by atoms with van der Waals surface area (Å²) in [4.78, 5) is 63.6. The topological polar surface area (TPSA) is 233 Å². The van der Waals surface area contributed by atoms with Gasteiger partial charge in [-0.1, -0.05) is 6.07 Å². The number of carbonyl (C=O) groups excluding carboxylic acids is 3. The Hall–Kier alpha value is -5.33. The average Bonchev–Trinajstić information content (AvgIpc) is 3.49. The molecule has 47 heavy (non-hydrogen) atoms. The molecule has 252 valence electrons. The Labute approximate surface area is 262 Å². The molecule has 2 aromatic heterocycles. The number of likely N-dealkylation sites (tertiary alicyclic amines) is 1. The minimum atomic E-state index is -5.11. The predicted molar refractivity (Wildman–Crippen MR) is 152 cm³/mol. The number of carboxylic acids is 2. The molecule has 4 atom stereocenters. The summed E-state index contributed by atoms with van der Waals surface area (Å²) in [5, 5.41) is 23.1. The lowest BCUT2D eigenvalue weighted by Gasteiger charge is -2.27. The number of hydrogen-bond acceptors (Lipinski definition) is 9. The van der Waals surface area contributed by atoms with Crippen molar-refractivity contribution in [1.82, 2.24) is 19.7 Å². The molecule has 19 heteroatoms. The number of carbonyl (C=O) groups is 5. The summed E-state index contributed by atoms with van der Waals surface area (Å²) in [6, 6.07) is 2.36. The summed E-state index contributed by atoms with van der Waals surface area (Å²) in [5.41, 5.74) is 10.9. The number of nitrogens with zero attached hydrogens (tertiary/aromatic N) is 4. The second kappa shape index (κ2) is 13.6. The lowest BCUT2D eigenvalue weighted by molar-refractivity contribution is -0.275. The van der Waals surface area contributed by atoms with Crippen LogP contribution in [0.15, 0.2) is 30.5 Å². The Morgan fingerprint density at radius 2 is 1.87 bits per heavy atom. The number of nitrogens with two attached hydrogens (primary N) is 2. The van der Waals surface area contributed by atoms with E-state index in [1.807, 2.05) is 0 Å². The molecule has 0 bridgehead atoms. The van der Waals surface area contributed by atoms with Gasteiger partial charge in [-0.25, -0.2) is 4.39 Å². The molecule has 0 unspecified atom stereocenters. The van der Waals surface area contributed by atoms with Crippen molar-refractivity contribution in [2.45, 2.75) is 63.6 Å². The number of ether oxygens (including phenoxy) is 1. The van der Waals surface area contributed by atoms with E-state index in [1.54, 1.807) is 13.0 Å². The van der Waals surface area contributed by atoms with Crippen LogP contribution in [0.25, 0.3) is 10.9 Å². The Balaban J connectivity index is 0.000000434. The highest BCUT2D eigenvalue weighted by atomic mass is 19.4. The number of aromatic nitrogens is 3. The Bertz CT molecular complexity index is 1730. The maximum absolute atomic E-state index is 14.5. The zero-order valence-corrected chi connectivity index (χ0v) is 24.5. The van der Waals surface area contributed by atoms with E-state index < -0.39 is 65.4 Å². The Morgan fingerprint density at radius 3 is 2.49 bits per heavy atom. The van der Waals surface area contributed by atoms with Crippen molar-refractivity contribution in [3.63, 3.8) is 0 Å². The average molecular weight is 668 g/mol. The van der Waals surface area contributed by atoms with Crippen LogP contribution in [0.1, 0.15) is 41.9 Å². The van der Waals surface area contributed by atoms with E-state index in [4.69, 9.17) is 21.7 Å². The van der Waals surface area contributed by atoms with Gasteiger partial charge in [-0.15, -0.1) is 13.2 Å². The van der Waals surface area contributed by atoms with Crippen molar-refractivity contribution in [3.05, 3.63) is 47.7 Å². The van der Waals surface area contributed by atoms with Gasteiger partial charge in [0, 0.05) is 23.5 Å². The third kappa shape index (κ3) is 8.29. The first-order chi connectivity index (χ1) is 22.0. The molecule has 0 spiro atoms. The van der Waals surface area contributed by atoms with Gasteiger partial charge in [0.05, 0.1) is 17.4 Å². The van der Waals surface area contributed by atoms with Crippen LogP contribution in [0.2, 0.25) is 0 Å². The fourth-order valence-electron chi connectivity index (χ4n) is 5.17. The minimum absolute atomic E-state index is 0.0231. The molecule has 0 radical (unpaired) electrons. The number of primary amides is 1. The molecule has 1 aromatic carbocycles. The van der Waals surface area contributed by atoms with Gasteiger partial charge in [0.15, 0.2) is 17.3 Å². The summed E-state index contributed by atoms with van der Waals surface area (Å²) in [6.45, 7) is 1.41. The van der Waals surface area contributed by atoms with Crippen LogP contribution in [-0.4, -0.2) is 84.0 Å². The number of anilines is 1. The maximum atomic E-state index is 14.5. The molecular weight excluding hydrogens is 638 g/mol. The van der Waals surface area contributed by atoms with Crippen LogP contribution < -0.4 is 21.5 Å². The molecule has 1 aliphatic heterocycles. The van der Waals surface area contributed by atoms with E-state index in [9.17, 15) is 41.5 Å². The summed E-state index contributed by atoms with van der Waals surface area (Å²) < 4.78 is 57.1. The molecule has 2 fully saturated rings. The van der Waals surface area contributed by atoms with Crippen molar-refractivity contribution in [1.29, 1.82) is 0 Å². The van der Waals surface area contributed by atoms with Crippen LogP contribution in [-0.2, 0) is 25.7 Å². The highest BCUT2D eigenvalue weighted by Gasteiger charge is 2.56. The van der Waals surface area contributed by atoms with E-state index in [0.29, 0.717) is 29.4 Å². The molecule has 1 saturated heterocycles. The normalized spacial score (nSPS) is 18.9. The summed E-state index contributed by atoms with van der Waals surface area (Å²) in [5.74, 6) is -6.60. The van der Waals surface area contributed by atoms with Gasteiger partial charge >= 0.3 is 18.3 Å². The van der Waals surface area contributed by atoms with E-state index in [1.165, 1.54) is 15.8 Å². The van der Waals surface area contributed by atoms with Crippen LogP contribution in [0.4, 0.5) is 23.2 Å². The van der Waals surface area contributed by atoms with E-state index in [-0.39, 0.29) is 37.0 Å². The Kier molecular flexibility index (Phi) is 9.97. The largest absolute Gasteiger partial charge is 0.573 e. The molecule has 1 saturated carbocycles. The molecule has 1 aliphatic carbocycles. The van der Waals surface area contributed by atoms with Gasteiger partial charge in [0.25, 0.3) is 5.91 Å². The second-order valence-electron chi connectivity index (χ2n) is 10.9. The quantitative estimate of drug-likeness (QED) is 0.196. The zero-order chi connectivity index (χ0) is 34.8. The van der Waals surface area contributed by atoms with Crippen molar-refractivity contribution in [2.75, 3.05) is 5.32 Å². The first-order valence-corrected chi connectivity index (χ1v) is 14.0. The van der Waals surface area contributed by atoms with Gasteiger partial charge in [-0.3, -0.25) is 33.6 Å². The van der Waals surface area contributed by atoms with Gasteiger partial charge in [0.1, 0.15) is 18.6 Å². The smallest absolute Gasteiger partial charge is 0.481 e. The lowest BCUT2D eigenvalue weighted by atomic mass is 10.1. The number of carboxylic acid groups (broad SMARTS) is 2. The number of nitrogens with one attached hydrogen (secondary N) is 1. The van der Waals surface area contributed by atoms with Gasteiger partial charge < -0.3 is 36.6 Å². The Morgan fingerprint density at radius 1 is 1.17 bits per heavy atom. The van der Waals surface area contributed by atoms with Crippen LogP contribution >= 0.6 is 0 Å². The summed E-state index contributed by atoms with van der Waals surface area (Å²) >= 11 is 0. The van der Waals surface area contributed by atoms with Gasteiger partial charge in [-0.05, 0) is 50.3 Å². The number of piperidine rings is 1. The van der Waals surface area contributed by atoms with E-state index >= 15 is 0 Å². The molecule has 5 rings (SSSR count). The predicted octanol–water partition coefficient (Wildman–Crippen LogP) is 1.77. The molecule has 3 amide bonds. The molecule has 3 heterocycles. The minimum Gasteiger partial charge on any atom is -0.481 e. The zero-order valence-electron chi connectivity index (χ0n) is 24.5. The second-order valence-corrected chi connectivity index (χ2v) is 10.9. The standard InChI is InChI=1S/C23H20F4N6O4.C5H9NO4/c1-10-5-12-16(8-29-10)32(31-20(12)21(28)35)9-18(34)33-14-6-11(14)7-15(33)22(36)30-13-3-2-4-17(19(13)24)37-23(25,26)27;6-3(5(9)10)1-2-4(7)8/h2-5,8,11,14-15H,6-7,9H2,1H3,(H2,28,35)(H,30,36);3H,1-2,6H2,(H,7,8)(H,9,10)/t11-,14-,15+;3-/m10/s1. The SMILES string of the molecule is Cc1cc2c(C(N)=O)nn(CC(=O)N3[C@@H]4C[C@@H]4C[C@H]3C(=O)Nc3cccc(OC(F)(F)F)c3F)c2cn1.N[C@@H](CCC(=O)O)C(=O)O. The number of fused-ring (bicyclic) bond motifs is 2. The number of hydrogen-bond donors (Lipinski definition) is 5. The first kappa shape index (κ1) is 34.5. The molecular formula is C28H29F4N7O8. The van der Waals surface area contributed by atoms with Crippen molar-refractivity contribution < 1.29 is 56.5 Å². The highest BCUT2D eigenvalue weighted by molar-refractivity contribution is 6.04. The summed E-state index contributed by atoms with van der Waals surface area (Å²) in [7, 11) is 0. The van der Waals surface area contributed by atoms with E-state index in [2.05, 4.69) is 20.1 Å². The number of halogens is 4. The molecule has 15 nitrogen and oxygen atoms in total. The lowest BCUT2D eigenvalue weighted by Crippen LogP contribution is -2.46. The van der Waals surface area contributed by atoms with Crippen molar-refractivity contribution in [2.24, 2.45) is 17.4 Å². The molecule has 2 aliphatic rings. The monoisotopic (exact) mass is 667 g/mol. The van der Waals surface area contributed by atoms with Crippen LogP contribution in [0, 0.1) is 18.7 Å². The highest BCUT2D eigenvalue weighted by Crippen LogP contribution is 2.48. The number of rotatable bonds is 10. The first-order valence-electron chi connectivity index (χ1n) is 14.0. The van der Waals surface area contributed by atoms with Crippen LogP contribution in [0.5, 0.6) is 5.75 Å². The van der Waals surface area contributed by atoms with Crippen LogP contribution in [0.3, 0.4) is 0 Å². The molecule has 3 aromatic rings. The van der Waals surface area contributed by atoms with Gasteiger partial charge in [0.2, 0.25) is 11.8 Å². The number of aryl methyl sites for hydroxylation is 1. The fourth-order valence-corrected chi connectivity index (χ4v) is 5.17. The van der Waals surface area contributed by atoms with Crippen molar-refractivity contribution in [3.8, 4) is 5.75 Å². The molecule has 7 N–H and O–H groups in total. The number of alkyl halides is 3. The number of amides is 3. The third-order valence-corrected chi connectivity index (χ3v) is 7.42. The number of pyridine rings is 1. The third-order valence-electron chi connectivity index (χ3n) is 7.42. The number of aliphatic carboxylic acids is 2. The number of benzene rings is 1. The summed E-state index contributed by atoms with van der Waals surface area (Å²) in [6.07, 6.45) is -2.87.